The lowest BCUT2D eigenvalue weighted by Gasteiger charge is -2.29. The van der Waals surface area contributed by atoms with Gasteiger partial charge in [-0.25, -0.2) is 10.5 Å². The van der Waals surface area contributed by atoms with Crippen molar-refractivity contribution in [3.63, 3.8) is 0 Å². The van der Waals surface area contributed by atoms with Gasteiger partial charge in [0, 0.05) is 17.8 Å². The summed E-state index contributed by atoms with van der Waals surface area (Å²) in [6.45, 7) is 0.830. The largest absolute Gasteiger partial charge is 0.324 e. The van der Waals surface area contributed by atoms with E-state index < -0.39 is 5.91 Å². The van der Waals surface area contributed by atoms with Gasteiger partial charge in [0.2, 0.25) is 5.95 Å². The molecule has 0 unspecified atom stereocenters. The predicted octanol–water partition coefficient (Wildman–Crippen LogP) is 2.77. The molecule has 6 nitrogen and oxygen atoms in total. The molecule has 0 aliphatic carbocycles. The standard InChI is InChI=1S/C17H16N4O2/c22-16(20-23)12-8-7-11-4-3-9-21(15(11)10-12)17-18-13-5-1-2-6-14(13)19-17/h1-2,5-8,10,23H,3-4,9H2,(H,18,19)(H,20,22). The number of nitrogens with one attached hydrogen (secondary N) is 2. The van der Waals surface area contributed by atoms with E-state index in [2.05, 4.69) is 14.9 Å². The van der Waals surface area contributed by atoms with Crippen LogP contribution in [0, 0.1) is 0 Å². The van der Waals surface area contributed by atoms with Crippen molar-refractivity contribution in [2.45, 2.75) is 12.8 Å². The molecule has 116 valence electrons. The number of fused-ring (bicyclic) bond motifs is 2. The highest BCUT2D eigenvalue weighted by atomic mass is 16.5. The lowest BCUT2D eigenvalue weighted by molar-refractivity contribution is 0.0706. The van der Waals surface area contributed by atoms with E-state index >= 15 is 0 Å². The maximum atomic E-state index is 11.7. The third-order valence-electron chi connectivity index (χ3n) is 4.20. The monoisotopic (exact) mass is 308 g/mol. The molecule has 2 aromatic carbocycles. The molecule has 2 heterocycles. The van der Waals surface area contributed by atoms with Crippen molar-refractivity contribution in [2.75, 3.05) is 11.4 Å². The Labute approximate surface area is 132 Å². The summed E-state index contributed by atoms with van der Waals surface area (Å²) in [5, 5.41) is 8.84. The molecule has 6 heteroatoms. The number of H-pyrrole nitrogens is 1. The minimum Gasteiger partial charge on any atom is -0.324 e. The van der Waals surface area contributed by atoms with E-state index in [1.54, 1.807) is 17.6 Å². The quantitative estimate of drug-likeness (QED) is 0.502. The lowest BCUT2D eigenvalue weighted by atomic mass is 9.99. The number of aryl methyl sites for hydroxylation is 1. The van der Waals surface area contributed by atoms with E-state index in [4.69, 9.17) is 5.21 Å². The zero-order valence-corrected chi connectivity index (χ0v) is 12.4. The van der Waals surface area contributed by atoms with Crippen LogP contribution in [-0.2, 0) is 6.42 Å². The van der Waals surface area contributed by atoms with E-state index in [9.17, 15) is 4.79 Å². The van der Waals surface area contributed by atoms with Gasteiger partial charge in [0.15, 0.2) is 0 Å². The number of anilines is 2. The van der Waals surface area contributed by atoms with Crippen LogP contribution in [0.1, 0.15) is 22.3 Å². The number of nitrogens with zero attached hydrogens (tertiary/aromatic N) is 2. The number of carbonyl (C=O) groups is 1. The smallest absolute Gasteiger partial charge is 0.274 e. The van der Waals surface area contributed by atoms with Crippen LogP contribution in [0.25, 0.3) is 11.0 Å². The summed E-state index contributed by atoms with van der Waals surface area (Å²) >= 11 is 0. The molecular formula is C17H16N4O2. The van der Waals surface area contributed by atoms with Crippen molar-refractivity contribution in [1.29, 1.82) is 0 Å². The first-order valence-corrected chi connectivity index (χ1v) is 7.56. The maximum Gasteiger partial charge on any atom is 0.274 e. The zero-order chi connectivity index (χ0) is 15.8. The Hall–Kier alpha value is -2.86. The zero-order valence-electron chi connectivity index (χ0n) is 12.4. The van der Waals surface area contributed by atoms with Crippen LogP contribution in [-0.4, -0.2) is 27.6 Å². The molecule has 0 atom stereocenters. The molecule has 3 N–H and O–H groups in total. The van der Waals surface area contributed by atoms with Crippen LogP contribution in [0.4, 0.5) is 11.6 Å². The highest BCUT2D eigenvalue weighted by molar-refractivity contribution is 5.95. The van der Waals surface area contributed by atoms with Gasteiger partial charge < -0.3 is 9.88 Å². The molecule has 1 aliphatic rings. The van der Waals surface area contributed by atoms with Crippen LogP contribution in [0.5, 0.6) is 0 Å². The number of hydrogen-bond donors (Lipinski definition) is 3. The van der Waals surface area contributed by atoms with Gasteiger partial charge in [-0.05, 0) is 42.7 Å². The molecule has 1 aromatic heterocycles. The molecule has 1 aliphatic heterocycles. The van der Waals surface area contributed by atoms with Gasteiger partial charge >= 0.3 is 0 Å². The molecule has 0 spiro atoms. The van der Waals surface area contributed by atoms with E-state index in [-0.39, 0.29) is 0 Å². The first-order valence-electron chi connectivity index (χ1n) is 7.56. The van der Waals surface area contributed by atoms with Gasteiger partial charge in [-0.2, -0.15) is 0 Å². The normalized spacial score (nSPS) is 13.9. The summed E-state index contributed by atoms with van der Waals surface area (Å²) in [5.41, 5.74) is 6.14. The summed E-state index contributed by atoms with van der Waals surface area (Å²) in [7, 11) is 0. The number of benzene rings is 2. The molecule has 0 bridgehead atoms. The van der Waals surface area contributed by atoms with Crippen molar-refractivity contribution in [2.24, 2.45) is 0 Å². The van der Waals surface area contributed by atoms with Crippen LogP contribution in [0.3, 0.4) is 0 Å². The lowest BCUT2D eigenvalue weighted by Crippen LogP contribution is -2.26. The summed E-state index contributed by atoms with van der Waals surface area (Å²) < 4.78 is 0. The summed E-state index contributed by atoms with van der Waals surface area (Å²) in [6.07, 6.45) is 1.99. The predicted molar refractivity (Wildman–Crippen MR) is 87.1 cm³/mol. The minimum atomic E-state index is -0.511. The fourth-order valence-corrected chi connectivity index (χ4v) is 3.07. The summed E-state index contributed by atoms with van der Waals surface area (Å²) in [5.74, 6) is 0.261. The molecule has 4 rings (SSSR count). The number of para-hydroxylation sites is 2. The number of hydroxylamine groups is 1. The molecule has 0 saturated heterocycles. The van der Waals surface area contributed by atoms with Crippen LogP contribution < -0.4 is 10.4 Å². The third-order valence-corrected chi connectivity index (χ3v) is 4.20. The van der Waals surface area contributed by atoms with Crippen LogP contribution in [0.15, 0.2) is 42.5 Å². The SMILES string of the molecule is O=C(NO)c1ccc2c(c1)N(c1nc3ccccc3[nH]1)CCC2. The highest BCUT2D eigenvalue weighted by Crippen LogP contribution is 2.33. The summed E-state index contributed by atoms with van der Waals surface area (Å²) in [6, 6.07) is 13.4. The number of carbonyl (C=O) groups excluding carboxylic acids is 1. The molecular weight excluding hydrogens is 292 g/mol. The maximum absolute atomic E-state index is 11.7. The number of amides is 1. The first kappa shape index (κ1) is 13.8. The Balaban J connectivity index is 1.81. The first-order chi connectivity index (χ1) is 11.3. The van der Waals surface area contributed by atoms with E-state index in [0.29, 0.717) is 5.56 Å². The van der Waals surface area contributed by atoms with Gasteiger partial charge in [0.25, 0.3) is 5.91 Å². The Morgan fingerprint density at radius 2 is 2.13 bits per heavy atom. The van der Waals surface area contributed by atoms with E-state index in [1.807, 2.05) is 30.3 Å². The molecule has 3 aromatic rings. The number of aromatic amines is 1. The van der Waals surface area contributed by atoms with Crippen molar-refractivity contribution in [3.05, 3.63) is 53.6 Å². The van der Waals surface area contributed by atoms with Crippen molar-refractivity contribution in [1.82, 2.24) is 15.4 Å². The Kier molecular flexibility index (Phi) is 3.24. The fourth-order valence-electron chi connectivity index (χ4n) is 3.07. The van der Waals surface area contributed by atoms with Gasteiger partial charge in [-0.1, -0.05) is 18.2 Å². The Morgan fingerprint density at radius 1 is 1.26 bits per heavy atom. The molecule has 0 saturated carbocycles. The van der Waals surface area contributed by atoms with Crippen LogP contribution in [0.2, 0.25) is 0 Å². The second-order valence-corrected chi connectivity index (χ2v) is 5.62. The highest BCUT2D eigenvalue weighted by Gasteiger charge is 2.22. The number of aromatic nitrogens is 2. The molecule has 0 fully saturated rings. The topological polar surface area (TPSA) is 81.2 Å². The molecule has 0 radical (unpaired) electrons. The number of imidazole rings is 1. The number of hydrogen-bond acceptors (Lipinski definition) is 4. The van der Waals surface area contributed by atoms with Crippen molar-refractivity contribution in [3.8, 4) is 0 Å². The average Bonchev–Trinajstić information content (AvgIpc) is 3.04. The minimum absolute atomic E-state index is 0.425. The second-order valence-electron chi connectivity index (χ2n) is 5.62. The molecule has 23 heavy (non-hydrogen) atoms. The van der Waals surface area contributed by atoms with Crippen molar-refractivity contribution < 1.29 is 10.0 Å². The van der Waals surface area contributed by atoms with Gasteiger partial charge in [-0.3, -0.25) is 10.0 Å². The van der Waals surface area contributed by atoms with Gasteiger partial charge in [-0.15, -0.1) is 0 Å². The van der Waals surface area contributed by atoms with Gasteiger partial charge in [0.05, 0.1) is 11.0 Å². The fraction of sp³-hybridized carbons (Fsp3) is 0.176. The Morgan fingerprint density at radius 3 is 2.96 bits per heavy atom. The third kappa shape index (κ3) is 2.33. The average molecular weight is 308 g/mol. The van der Waals surface area contributed by atoms with Crippen LogP contribution >= 0.6 is 0 Å². The summed E-state index contributed by atoms with van der Waals surface area (Å²) in [4.78, 5) is 21.8. The van der Waals surface area contributed by atoms with Gasteiger partial charge in [0.1, 0.15) is 0 Å². The molecule has 1 amide bonds. The van der Waals surface area contributed by atoms with Crippen molar-refractivity contribution >= 4 is 28.6 Å². The van der Waals surface area contributed by atoms with E-state index in [1.165, 1.54) is 5.56 Å². The van der Waals surface area contributed by atoms with E-state index in [0.717, 1.165) is 42.1 Å². The Bertz CT molecular complexity index is 854. The second kappa shape index (κ2) is 5.40. The number of rotatable bonds is 2.